The minimum Gasteiger partial charge on any atom is -0.465 e. The SMILES string of the molecule is O=C(O)Nc1cccc(NCc2cccc([N+](=O)[O-])c2)c1. The first-order valence-electron chi connectivity index (χ1n) is 6.12. The maximum atomic E-state index is 10.7. The second-order valence-electron chi connectivity index (χ2n) is 4.29. The summed E-state index contributed by atoms with van der Waals surface area (Å²) in [7, 11) is 0. The van der Waals surface area contributed by atoms with Gasteiger partial charge < -0.3 is 10.4 Å². The van der Waals surface area contributed by atoms with Gasteiger partial charge >= 0.3 is 6.09 Å². The Kier molecular flexibility index (Phi) is 4.35. The molecule has 0 aromatic heterocycles. The Morgan fingerprint density at radius 3 is 2.57 bits per heavy atom. The van der Waals surface area contributed by atoms with E-state index in [1.54, 1.807) is 36.4 Å². The summed E-state index contributed by atoms with van der Waals surface area (Å²) in [6.07, 6.45) is -1.13. The Morgan fingerprint density at radius 1 is 1.14 bits per heavy atom. The second kappa shape index (κ2) is 6.38. The fraction of sp³-hybridized carbons (Fsp3) is 0.0714. The van der Waals surface area contributed by atoms with Crippen LogP contribution in [0.4, 0.5) is 21.9 Å². The number of anilines is 2. The van der Waals surface area contributed by atoms with E-state index in [0.29, 0.717) is 17.9 Å². The molecule has 21 heavy (non-hydrogen) atoms. The van der Waals surface area contributed by atoms with Gasteiger partial charge in [-0.25, -0.2) is 4.79 Å². The number of nitrogens with zero attached hydrogens (tertiary/aromatic N) is 1. The number of nitro groups is 1. The zero-order valence-corrected chi connectivity index (χ0v) is 10.9. The van der Waals surface area contributed by atoms with Crippen molar-refractivity contribution in [3.63, 3.8) is 0 Å². The van der Waals surface area contributed by atoms with Crippen molar-refractivity contribution in [1.82, 2.24) is 0 Å². The van der Waals surface area contributed by atoms with Gasteiger partial charge in [0.2, 0.25) is 0 Å². The standard InChI is InChI=1S/C14H13N3O4/c18-14(19)16-12-5-2-4-11(8-12)15-9-10-3-1-6-13(7-10)17(20)21/h1-8,15-16H,9H2,(H,18,19). The third-order valence-corrected chi connectivity index (χ3v) is 2.73. The fourth-order valence-electron chi connectivity index (χ4n) is 1.81. The molecule has 2 aromatic carbocycles. The molecule has 0 saturated heterocycles. The summed E-state index contributed by atoms with van der Waals surface area (Å²) in [5.41, 5.74) is 1.97. The van der Waals surface area contributed by atoms with Crippen molar-refractivity contribution < 1.29 is 14.8 Å². The molecule has 0 heterocycles. The Hall–Kier alpha value is -3.09. The molecule has 108 valence electrons. The van der Waals surface area contributed by atoms with E-state index in [1.165, 1.54) is 12.1 Å². The van der Waals surface area contributed by atoms with Gasteiger partial charge in [-0.2, -0.15) is 0 Å². The Labute approximate surface area is 120 Å². The number of carbonyl (C=O) groups is 1. The van der Waals surface area contributed by atoms with Gasteiger partial charge in [0, 0.05) is 30.1 Å². The van der Waals surface area contributed by atoms with E-state index in [9.17, 15) is 14.9 Å². The number of benzene rings is 2. The van der Waals surface area contributed by atoms with E-state index in [2.05, 4.69) is 10.6 Å². The highest BCUT2D eigenvalue weighted by Gasteiger charge is 2.05. The minimum absolute atomic E-state index is 0.0376. The van der Waals surface area contributed by atoms with Gasteiger partial charge in [0.1, 0.15) is 0 Å². The van der Waals surface area contributed by atoms with Crippen LogP contribution in [0.15, 0.2) is 48.5 Å². The topological polar surface area (TPSA) is 104 Å². The molecule has 0 radical (unpaired) electrons. The maximum absolute atomic E-state index is 10.7. The summed E-state index contributed by atoms with van der Waals surface area (Å²) in [5, 5.41) is 24.7. The van der Waals surface area contributed by atoms with Crippen LogP contribution in [0.5, 0.6) is 0 Å². The Morgan fingerprint density at radius 2 is 1.86 bits per heavy atom. The molecule has 1 amide bonds. The highest BCUT2D eigenvalue weighted by Crippen LogP contribution is 2.17. The predicted molar refractivity (Wildman–Crippen MR) is 78.5 cm³/mol. The third-order valence-electron chi connectivity index (χ3n) is 2.73. The van der Waals surface area contributed by atoms with Crippen molar-refractivity contribution >= 4 is 23.2 Å². The number of hydrogen-bond donors (Lipinski definition) is 3. The highest BCUT2D eigenvalue weighted by atomic mass is 16.6. The molecule has 2 rings (SSSR count). The van der Waals surface area contributed by atoms with Gasteiger partial charge in [-0.1, -0.05) is 18.2 Å². The lowest BCUT2D eigenvalue weighted by molar-refractivity contribution is -0.384. The second-order valence-corrected chi connectivity index (χ2v) is 4.29. The van der Waals surface area contributed by atoms with Gasteiger partial charge in [0.15, 0.2) is 0 Å². The summed E-state index contributed by atoms with van der Waals surface area (Å²) in [6.45, 7) is 0.401. The fourth-order valence-corrected chi connectivity index (χ4v) is 1.81. The Balaban J connectivity index is 2.04. The zero-order valence-electron chi connectivity index (χ0n) is 10.9. The van der Waals surface area contributed by atoms with E-state index < -0.39 is 11.0 Å². The summed E-state index contributed by atoms with van der Waals surface area (Å²) in [4.78, 5) is 20.8. The normalized spacial score (nSPS) is 9.90. The summed E-state index contributed by atoms with van der Waals surface area (Å²) in [6, 6.07) is 13.1. The first-order chi connectivity index (χ1) is 10.0. The van der Waals surface area contributed by atoms with Crippen molar-refractivity contribution in [1.29, 1.82) is 0 Å². The number of hydrogen-bond acceptors (Lipinski definition) is 4. The monoisotopic (exact) mass is 287 g/mol. The van der Waals surface area contributed by atoms with Crippen LogP contribution < -0.4 is 10.6 Å². The maximum Gasteiger partial charge on any atom is 0.409 e. The van der Waals surface area contributed by atoms with Crippen LogP contribution >= 0.6 is 0 Å². The lowest BCUT2D eigenvalue weighted by Crippen LogP contribution is -2.07. The minimum atomic E-state index is -1.13. The smallest absolute Gasteiger partial charge is 0.409 e. The predicted octanol–water partition coefficient (Wildman–Crippen LogP) is 3.30. The quantitative estimate of drug-likeness (QED) is 0.578. The van der Waals surface area contributed by atoms with Gasteiger partial charge in [-0.3, -0.25) is 15.4 Å². The average Bonchev–Trinajstić information content (AvgIpc) is 2.45. The molecule has 2 aromatic rings. The first kappa shape index (κ1) is 14.3. The number of rotatable bonds is 5. The molecule has 0 spiro atoms. The average molecular weight is 287 g/mol. The van der Waals surface area contributed by atoms with E-state index in [1.807, 2.05) is 0 Å². The van der Waals surface area contributed by atoms with Crippen molar-refractivity contribution in [3.8, 4) is 0 Å². The van der Waals surface area contributed by atoms with E-state index in [-0.39, 0.29) is 5.69 Å². The summed E-state index contributed by atoms with van der Waals surface area (Å²) < 4.78 is 0. The van der Waals surface area contributed by atoms with Crippen LogP contribution in [-0.2, 0) is 6.54 Å². The largest absolute Gasteiger partial charge is 0.465 e. The van der Waals surface area contributed by atoms with Gasteiger partial charge in [0.05, 0.1) is 4.92 Å². The number of non-ortho nitro benzene ring substituents is 1. The van der Waals surface area contributed by atoms with Gasteiger partial charge in [-0.15, -0.1) is 0 Å². The number of nitrogens with one attached hydrogen (secondary N) is 2. The molecule has 0 aliphatic heterocycles. The van der Waals surface area contributed by atoms with Gasteiger partial charge in [-0.05, 0) is 23.8 Å². The van der Waals surface area contributed by atoms with E-state index >= 15 is 0 Å². The summed E-state index contributed by atoms with van der Waals surface area (Å²) in [5.74, 6) is 0. The number of carboxylic acid groups (broad SMARTS) is 1. The molecule has 0 atom stereocenters. The third kappa shape index (κ3) is 4.20. The molecule has 7 heteroatoms. The van der Waals surface area contributed by atoms with Crippen LogP contribution in [-0.4, -0.2) is 16.1 Å². The molecule has 0 unspecified atom stereocenters. The number of nitro benzene ring substituents is 1. The van der Waals surface area contributed by atoms with Gasteiger partial charge in [0.25, 0.3) is 5.69 Å². The van der Waals surface area contributed by atoms with Crippen LogP contribution in [0.1, 0.15) is 5.56 Å². The molecule has 3 N–H and O–H groups in total. The van der Waals surface area contributed by atoms with Crippen molar-refractivity contribution in [3.05, 3.63) is 64.2 Å². The molecule has 0 aliphatic carbocycles. The first-order valence-corrected chi connectivity index (χ1v) is 6.12. The highest BCUT2D eigenvalue weighted by molar-refractivity contribution is 5.83. The summed E-state index contributed by atoms with van der Waals surface area (Å²) >= 11 is 0. The van der Waals surface area contributed by atoms with Crippen LogP contribution in [0.3, 0.4) is 0 Å². The van der Waals surface area contributed by atoms with Crippen molar-refractivity contribution in [2.24, 2.45) is 0 Å². The molecule has 0 aliphatic rings. The molecular weight excluding hydrogens is 274 g/mol. The molecule has 0 saturated carbocycles. The van der Waals surface area contributed by atoms with Crippen molar-refractivity contribution in [2.75, 3.05) is 10.6 Å². The van der Waals surface area contributed by atoms with E-state index in [4.69, 9.17) is 5.11 Å². The van der Waals surface area contributed by atoms with Crippen LogP contribution in [0.25, 0.3) is 0 Å². The van der Waals surface area contributed by atoms with Crippen LogP contribution in [0.2, 0.25) is 0 Å². The lowest BCUT2D eigenvalue weighted by Gasteiger charge is -2.08. The molecule has 0 fully saturated rings. The van der Waals surface area contributed by atoms with E-state index in [0.717, 1.165) is 5.56 Å². The lowest BCUT2D eigenvalue weighted by atomic mass is 10.2. The van der Waals surface area contributed by atoms with Crippen LogP contribution in [0, 0.1) is 10.1 Å². The number of amides is 1. The molecule has 7 nitrogen and oxygen atoms in total. The van der Waals surface area contributed by atoms with Crippen molar-refractivity contribution in [2.45, 2.75) is 6.54 Å². The Bertz CT molecular complexity index is 673. The zero-order chi connectivity index (χ0) is 15.2. The molecule has 0 bridgehead atoms. The molecular formula is C14H13N3O4.